The number of para-hydroxylation sites is 2. The molecule has 7 nitrogen and oxygen atoms in total. The van der Waals surface area contributed by atoms with E-state index in [1.165, 1.54) is 18.2 Å². The molecule has 0 heterocycles. The zero-order chi connectivity index (χ0) is 20.9. The lowest BCUT2D eigenvalue weighted by molar-refractivity contribution is -0.383. The van der Waals surface area contributed by atoms with Crippen LogP contribution in [-0.2, 0) is 0 Å². The van der Waals surface area contributed by atoms with Crippen LogP contribution in [0.4, 0.5) is 11.4 Å². The summed E-state index contributed by atoms with van der Waals surface area (Å²) in [5.41, 5.74) is 1.11. The maximum absolute atomic E-state index is 12.5. The Hall–Kier alpha value is -2.13. The van der Waals surface area contributed by atoms with Crippen molar-refractivity contribution in [3.8, 4) is 0 Å². The number of nitrogens with zero attached hydrogens (tertiary/aromatic N) is 1. The molecule has 0 aliphatic heterocycles. The Morgan fingerprint density at radius 1 is 1.11 bits per heavy atom. The van der Waals surface area contributed by atoms with Gasteiger partial charge < -0.3 is 16.0 Å². The number of carbonyl (C=O) groups is 1. The molecule has 28 heavy (non-hydrogen) atoms. The third kappa shape index (κ3) is 5.93. The number of rotatable bonds is 5. The highest BCUT2D eigenvalue weighted by Gasteiger charge is 2.35. The zero-order valence-corrected chi connectivity index (χ0v) is 17.5. The number of nitrogens with one attached hydrogen (secondary N) is 3. The van der Waals surface area contributed by atoms with Crippen LogP contribution in [0.25, 0.3) is 0 Å². The van der Waals surface area contributed by atoms with Crippen LogP contribution >= 0.6 is 47.0 Å². The van der Waals surface area contributed by atoms with Gasteiger partial charge in [0.15, 0.2) is 5.11 Å². The van der Waals surface area contributed by atoms with Crippen LogP contribution in [-0.4, -0.2) is 25.9 Å². The van der Waals surface area contributed by atoms with Crippen molar-refractivity contribution < 1.29 is 9.72 Å². The first-order valence-corrected chi connectivity index (χ1v) is 9.38. The molecule has 0 aliphatic rings. The van der Waals surface area contributed by atoms with Gasteiger partial charge in [-0.2, -0.15) is 0 Å². The molecule has 2 rings (SSSR count). The monoisotopic (exact) mass is 460 g/mol. The Balaban J connectivity index is 2.15. The normalized spacial score (nSPS) is 12.0. The van der Waals surface area contributed by atoms with Gasteiger partial charge in [0.05, 0.1) is 4.92 Å². The number of carbonyl (C=O) groups excluding carboxylic acids is 1. The molecule has 2 aromatic rings. The van der Waals surface area contributed by atoms with E-state index in [2.05, 4.69) is 16.0 Å². The van der Waals surface area contributed by atoms with Crippen LogP contribution in [0.1, 0.15) is 15.9 Å². The van der Waals surface area contributed by atoms with Gasteiger partial charge in [-0.15, -0.1) is 0 Å². The number of alkyl halides is 3. The Bertz CT molecular complexity index is 905. The highest BCUT2D eigenvalue weighted by molar-refractivity contribution is 7.80. The Morgan fingerprint density at radius 3 is 2.32 bits per heavy atom. The summed E-state index contributed by atoms with van der Waals surface area (Å²) < 4.78 is -1.95. The highest BCUT2D eigenvalue weighted by Crippen LogP contribution is 2.30. The average Bonchev–Trinajstić information content (AvgIpc) is 2.60. The van der Waals surface area contributed by atoms with Crippen molar-refractivity contribution in [3.63, 3.8) is 0 Å². The number of aryl methyl sites for hydroxylation is 1. The maximum Gasteiger partial charge on any atom is 0.292 e. The number of benzene rings is 2. The molecular formula is C17H15Cl3N4O3S. The van der Waals surface area contributed by atoms with E-state index in [0.717, 1.165) is 5.56 Å². The molecule has 0 saturated heterocycles. The van der Waals surface area contributed by atoms with E-state index in [4.69, 9.17) is 47.0 Å². The highest BCUT2D eigenvalue weighted by atomic mass is 35.6. The first kappa shape index (κ1) is 22.2. The van der Waals surface area contributed by atoms with Crippen molar-refractivity contribution in [2.24, 2.45) is 0 Å². The summed E-state index contributed by atoms with van der Waals surface area (Å²) in [6.07, 6.45) is -1.20. The number of anilines is 1. The average molecular weight is 462 g/mol. The van der Waals surface area contributed by atoms with Crippen molar-refractivity contribution in [3.05, 3.63) is 69.8 Å². The minimum Gasteiger partial charge on any atom is -0.339 e. The van der Waals surface area contributed by atoms with Crippen molar-refractivity contribution >= 4 is 69.4 Å². The van der Waals surface area contributed by atoms with E-state index in [0.29, 0.717) is 5.56 Å². The fraction of sp³-hybridized carbons (Fsp3) is 0.176. The van der Waals surface area contributed by atoms with Gasteiger partial charge in [0.25, 0.3) is 11.6 Å². The number of hydrogen-bond acceptors (Lipinski definition) is 4. The van der Waals surface area contributed by atoms with Crippen molar-refractivity contribution in [1.29, 1.82) is 0 Å². The molecule has 2 aromatic carbocycles. The predicted molar refractivity (Wildman–Crippen MR) is 115 cm³/mol. The van der Waals surface area contributed by atoms with Gasteiger partial charge in [0, 0.05) is 11.6 Å². The van der Waals surface area contributed by atoms with Gasteiger partial charge in [-0.3, -0.25) is 14.9 Å². The summed E-state index contributed by atoms with van der Waals surface area (Å²) in [4.78, 5) is 23.1. The standard InChI is InChI=1S/C17H15Cl3N4O3S/c1-10-6-2-3-7-11(10)14(25)22-15(17(18,19)20)23-16(28)21-12-8-4-5-9-13(12)24(26)27/h2-9,15H,1H3,(H,22,25)(H2,21,23,28)/t15-/m1/s1. The van der Waals surface area contributed by atoms with Crippen LogP contribution in [0.15, 0.2) is 48.5 Å². The van der Waals surface area contributed by atoms with Gasteiger partial charge in [-0.1, -0.05) is 65.1 Å². The van der Waals surface area contributed by atoms with E-state index in [9.17, 15) is 14.9 Å². The summed E-state index contributed by atoms with van der Waals surface area (Å²) >= 11 is 23.0. The largest absolute Gasteiger partial charge is 0.339 e. The second-order valence-electron chi connectivity index (χ2n) is 5.64. The second-order valence-corrected chi connectivity index (χ2v) is 8.41. The Morgan fingerprint density at radius 2 is 1.71 bits per heavy atom. The van der Waals surface area contributed by atoms with Gasteiger partial charge in [-0.05, 0) is 36.8 Å². The summed E-state index contributed by atoms with van der Waals surface area (Å²) in [6, 6.07) is 12.8. The van der Waals surface area contributed by atoms with Crippen molar-refractivity contribution in [2.45, 2.75) is 16.9 Å². The van der Waals surface area contributed by atoms with Gasteiger partial charge in [-0.25, -0.2) is 0 Å². The summed E-state index contributed by atoms with van der Waals surface area (Å²) in [5.74, 6) is -0.476. The number of hydrogen-bond donors (Lipinski definition) is 3. The first-order valence-electron chi connectivity index (χ1n) is 7.83. The molecule has 0 aliphatic carbocycles. The molecule has 1 atom stereocenters. The molecule has 3 N–H and O–H groups in total. The quantitative estimate of drug-likeness (QED) is 0.202. The number of nitro benzene ring substituents is 1. The predicted octanol–water partition coefficient (Wildman–Crippen LogP) is 4.32. The van der Waals surface area contributed by atoms with E-state index in [1.807, 2.05) is 0 Å². The molecule has 0 fully saturated rings. The molecule has 0 bridgehead atoms. The van der Waals surface area contributed by atoms with E-state index in [-0.39, 0.29) is 16.5 Å². The van der Waals surface area contributed by atoms with Crippen LogP contribution in [0.5, 0.6) is 0 Å². The molecule has 0 spiro atoms. The minimum absolute atomic E-state index is 0.0734. The van der Waals surface area contributed by atoms with Gasteiger partial charge in [0.2, 0.25) is 3.79 Å². The SMILES string of the molecule is Cc1ccccc1C(=O)N[C@H](NC(=S)Nc1ccccc1[N+](=O)[O-])C(Cl)(Cl)Cl. The molecule has 0 unspecified atom stereocenters. The molecule has 0 radical (unpaired) electrons. The summed E-state index contributed by atoms with van der Waals surface area (Å²) in [5, 5.41) is 18.9. The summed E-state index contributed by atoms with van der Waals surface area (Å²) in [6.45, 7) is 1.77. The lowest BCUT2D eigenvalue weighted by Crippen LogP contribution is -2.56. The van der Waals surface area contributed by atoms with Gasteiger partial charge >= 0.3 is 0 Å². The van der Waals surface area contributed by atoms with Crippen LogP contribution < -0.4 is 16.0 Å². The molecule has 11 heteroatoms. The number of thiocarbonyl (C=S) groups is 1. The third-order valence-electron chi connectivity index (χ3n) is 3.62. The lowest BCUT2D eigenvalue weighted by Gasteiger charge is -2.28. The van der Waals surface area contributed by atoms with E-state index < -0.39 is 20.8 Å². The second kappa shape index (κ2) is 9.38. The van der Waals surface area contributed by atoms with E-state index in [1.54, 1.807) is 37.3 Å². The van der Waals surface area contributed by atoms with Gasteiger partial charge in [0.1, 0.15) is 11.9 Å². The van der Waals surface area contributed by atoms with E-state index >= 15 is 0 Å². The molecule has 1 amide bonds. The molecule has 148 valence electrons. The number of amides is 1. The third-order valence-corrected chi connectivity index (χ3v) is 4.49. The minimum atomic E-state index is -1.95. The number of nitro groups is 1. The smallest absolute Gasteiger partial charge is 0.292 e. The number of halogens is 3. The molecule has 0 saturated carbocycles. The first-order chi connectivity index (χ1) is 13.1. The molecule has 0 aromatic heterocycles. The Labute approximate surface area is 181 Å². The van der Waals surface area contributed by atoms with Crippen LogP contribution in [0, 0.1) is 17.0 Å². The lowest BCUT2D eigenvalue weighted by atomic mass is 10.1. The van der Waals surface area contributed by atoms with Crippen molar-refractivity contribution in [2.75, 3.05) is 5.32 Å². The van der Waals surface area contributed by atoms with Crippen LogP contribution in [0.2, 0.25) is 0 Å². The fourth-order valence-electron chi connectivity index (χ4n) is 2.26. The van der Waals surface area contributed by atoms with Crippen molar-refractivity contribution in [1.82, 2.24) is 10.6 Å². The molecular weight excluding hydrogens is 447 g/mol. The van der Waals surface area contributed by atoms with Crippen LogP contribution in [0.3, 0.4) is 0 Å². The maximum atomic E-state index is 12.5. The fourth-order valence-corrected chi connectivity index (χ4v) is 2.82. The zero-order valence-electron chi connectivity index (χ0n) is 14.4. The topological polar surface area (TPSA) is 96.3 Å². The summed E-state index contributed by atoms with van der Waals surface area (Å²) in [7, 11) is 0. The Kier molecular flexibility index (Phi) is 7.42.